The molecule has 0 spiro atoms. The number of aryl methyl sites for hydroxylation is 1. The molecule has 1 heterocycles. The number of hydrogen-bond acceptors (Lipinski definition) is 5. The Hall–Kier alpha value is -3.23. The van der Waals surface area contributed by atoms with E-state index in [1.165, 1.54) is 23.4 Å². The number of anilines is 1. The van der Waals surface area contributed by atoms with E-state index < -0.39 is 4.92 Å². The van der Waals surface area contributed by atoms with Gasteiger partial charge in [-0.25, -0.2) is 0 Å². The highest BCUT2D eigenvalue weighted by molar-refractivity contribution is 5.91. The molecule has 2 amide bonds. The lowest BCUT2D eigenvalue weighted by Gasteiger charge is -2.18. The van der Waals surface area contributed by atoms with Crippen molar-refractivity contribution in [2.75, 3.05) is 12.4 Å². The van der Waals surface area contributed by atoms with Gasteiger partial charge >= 0.3 is 5.69 Å². The lowest BCUT2D eigenvalue weighted by atomic mass is 10.1. The summed E-state index contributed by atoms with van der Waals surface area (Å²) in [7, 11) is 1.68. The third-order valence-electron chi connectivity index (χ3n) is 4.06. The molecule has 138 valence electrons. The van der Waals surface area contributed by atoms with Crippen molar-refractivity contribution in [1.29, 1.82) is 0 Å². The minimum absolute atomic E-state index is 0.0821. The largest absolute Gasteiger partial charge is 0.342 e. The van der Waals surface area contributed by atoms with Crippen LogP contribution >= 0.6 is 0 Å². The highest BCUT2D eigenvalue weighted by Gasteiger charge is 2.23. The first-order valence-corrected chi connectivity index (χ1v) is 7.98. The smallest absolute Gasteiger partial charge is 0.312 e. The molecule has 2 aromatic rings. The molecule has 1 aromatic carbocycles. The Kier molecular flexibility index (Phi) is 5.71. The fourth-order valence-electron chi connectivity index (χ4n) is 2.58. The standard InChI is InChI=1S/C17H21N5O4/c1-11-17(22(25)26)12(2)21(19-11)10-16(24)18-15-8-6-5-7-14(15)9-20(4)13(3)23/h5-8H,9-10H2,1-4H3,(H,18,24). The van der Waals surface area contributed by atoms with Crippen molar-refractivity contribution in [1.82, 2.24) is 14.7 Å². The third kappa shape index (κ3) is 4.24. The van der Waals surface area contributed by atoms with Gasteiger partial charge in [-0.15, -0.1) is 0 Å². The van der Waals surface area contributed by atoms with Crippen LogP contribution in [0.15, 0.2) is 24.3 Å². The number of nitro groups is 1. The highest BCUT2D eigenvalue weighted by Crippen LogP contribution is 2.22. The van der Waals surface area contributed by atoms with Crippen molar-refractivity contribution in [3.63, 3.8) is 0 Å². The summed E-state index contributed by atoms with van der Waals surface area (Å²) in [6.07, 6.45) is 0. The zero-order chi connectivity index (χ0) is 19.4. The second-order valence-electron chi connectivity index (χ2n) is 6.01. The van der Waals surface area contributed by atoms with Crippen LogP contribution in [0.4, 0.5) is 11.4 Å². The van der Waals surface area contributed by atoms with Gasteiger partial charge in [-0.05, 0) is 25.5 Å². The SMILES string of the molecule is CC(=O)N(C)Cc1ccccc1NC(=O)Cn1nc(C)c([N+](=O)[O-])c1C. The van der Waals surface area contributed by atoms with Gasteiger partial charge in [-0.1, -0.05) is 18.2 Å². The average Bonchev–Trinajstić information content (AvgIpc) is 2.82. The van der Waals surface area contributed by atoms with Gasteiger partial charge in [0.25, 0.3) is 0 Å². The molecular formula is C17H21N5O4. The Morgan fingerprint density at radius 1 is 1.31 bits per heavy atom. The third-order valence-corrected chi connectivity index (χ3v) is 4.06. The molecule has 0 saturated carbocycles. The molecular weight excluding hydrogens is 338 g/mol. The molecule has 0 aliphatic heterocycles. The maximum absolute atomic E-state index is 12.4. The fraction of sp³-hybridized carbons (Fsp3) is 0.353. The Morgan fingerprint density at radius 3 is 2.54 bits per heavy atom. The summed E-state index contributed by atoms with van der Waals surface area (Å²) in [6.45, 7) is 4.78. The minimum Gasteiger partial charge on any atom is -0.342 e. The van der Waals surface area contributed by atoms with Crippen molar-refractivity contribution in [3.8, 4) is 0 Å². The van der Waals surface area contributed by atoms with Gasteiger partial charge in [-0.2, -0.15) is 5.10 Å². The molecule has 0 bridgehead atoms. The van der Waals surface area contributed by atoms with Crippen molar-refractivity contribution in [2.45, 2.75) is 33.9 Å². The number of nitrogens with one attached hydrogen (secondary N) is 1. The molecule has 9 heteroatoms. The second kappa shape index (κ2) is 7.77. The van der Waals surface area contributed by atoms with Crippen LogP contribution in [-0.4, -0.2) is 38.5 Å². The Balaban J connectivity index is 2.15. The first-order valence-electron chi connectivity index (χ1n) is 7.98. The summed E-state index contributed by atoms with van der Waals surface area (Å²) in [5, 5.41) is 17.9. The van der Waals surface area contributed by atoms with Gasteiger partial charge in [0.05, 0.1) is 4.92 Å². The van der Waals surface area contributed by atoms with Gasteiger partial charge < -0.3 is 10.2 Å². The summed E-state index contributed by atoms with van der Waals surface area (Å²) in [5.41, 5.74) is 1.89. The first kappa shape index (κ1) is 19.1. The number of nitrogens with zero attached hydrogens (tertiary/aromatic N) is 4. The second-order valence-corrected chi connectivity index (χ2v) is 6.01. The topological polar surface area (TPSA) is 110 Å². The number of para-hydroxylation sites is 1. The number of hydrogen-bond donors (Lipinski definition) is 1. The van der Waals surface area contributed by atoms with Gasteiger partial charge in [0.15, 0.2) is 0 Å². The molecule has 0 aliphatic carbocycles. The van der Waals surface area contributed by atoms with Crippen LogP contribution in [0.1, 0.15) is 23.9 Å². The van der Waals surface area contributed by atoms with Gasteiger partial charge in [0.1, 0.15) is 17.9 Å². The summed E-state index contributed by atoms with van der Waals surface area (Å²) in [4.78, 5) is 35.9. The van der Waals surface area contributed by atoms with Crippen LogP contribution in [0.5, 0.6) is 0 Å². The lowest BCUT2D eigenvalue weighted by Crippen LogP contribution is -2.25. The molecule has 1 N–H and O–H groups in total. The van der Waals surface area contributed by atoms with E-state index in [9.17, 15) is 19.7 Å². The maximum atomic E-state index is 12.4. The van der Waals surface area contributed by atoms with Crippen molar-refractivity contribution in [2.24, 2.45) is 0 Å². The molecule has 0 aliphatic rings. The molecule has 26 heavy (non-hydrogen) atoms. The Bertz CT molecular complexity index is 859. The van der Waals surface area contributed by atoms with Crippen LogP contribution < -0.4 is 5.32 Å². The predicted octanol–water partition coefficient (Wildman–Crippen LogP) is 2.03. The van der Waals surface area contributed by atoms with Crippen molar-refractivity contribution < 1.29 is 14.5 Å². The van der Waals surface area contributed by atoms with Crippen LogP contribution in [-0.2, 0) is 22.7 Å². The summed E-state index contributed by atoms with van der Waals surface area (Å²) < 4.78 is 1.31. The van der Waals surface area contributed by atoms with Gasteiger partial charge in [0.2, 0.25) is 11.8 Å². The van der Waals surface area contributed by atoms with E-state index in [1.807, 2.05) is 12.1 Å². The van der Waals surface area contributed by atoms with Crippen LogP contribution in [0.25, 0.3) is 0 Å². The highest BCUT2D eigenvalue weighted by atomic mass is 16.6. The first-order chi connectivity index (χ1) is 12.2. The van der Waals surface area contributed by atoms with E-state index in [0.717, 1.165) is 5.56 Å². The number of carbonyl (C=O) groups is 2. The monoisotopic (exact) mass is 359 g/mol. The average molecular weight is 359 g/mol. The van der Waals surface area contributed by atoms with E-state index in [2.05, 4.69) is 10.4 Å². The zero-order valence-corrected chi connectivity index (χ0v) is 15.1. The molecule has 0 fully saturated rings. The van der Waals surface area contributed by atoms with Gasteiger partial charge in [-0.3, -0.25) is 24.4 Å². The van der Waals surface area contributed by atoms with E-state index >= 15 is 0 Å². The van der Waals surface area contributed by atoms with E-state index in [0.29, 0.717) is 17.9 Å². The molecule has 0 radical (unpaired) electrons. The van der Waals surface area contributed by atoms with Crippen molar-refractivity contribution in [3.05, 3.63) is 51.3 Å². The molecule has 0 saturated heterocycles. The number of aromatic nitrogens is 2. The maximum Gasteiger partial charge on any atom is 0.312 e. The van der Waals surface area contributed by atoms with E-state index in [4.69, 9.17) is 0 Å². The molecule has 0 atom stereocenters. The predicted molar refractivity (Wildman–Crippen MR) is 95.6 cm³/mol. The lowest BCUT2D eigenvalue weighted by molar-refractivity contribution is -0.386. The summed E-state index contributed by atoms with van der Waals surface area (Å²) in [6, 6.07) is 7.17. The van der Waals surface area contributed by atoms with E-state index in [-0.39, 0.29) is 29.7 Å². The minimum atomic E-state index is -0.501. The Morgan fingerprint density at radius 2 is 1.96 bits per heavy atom. The number of rotatable bonds is 6. The van der Waals surface area contributed by atoms with Crippen LogP contribution in [0.2, 0.25) is 0 Å². The number of benzene rings is 1. The van der Waals surface area contributed by atoms with Crippen LogP contribution in [0.3, 0.4) is 0 Å². The summed E-state index contributed by atoms with van der Waals surface area (Å²) in [5.74, 6) is -0.440. The zero-order valence-electron chi connectivity index (χ0n) is 15.1. The van der Waals surface area contributed by atoms with Crippen LogP contribution in [0, 0.1) is 24.0 Å². The quantitative estimate of drug-likeness (QED) is 0.627. The molecule has 1 aromatic heterocycles. The van der Waals surface area contributed by atoms with Crippen molar-refractivity contribution >= 4 is 23.2 Å². The Labute approximate surface area is 150 Å². The molecule has 2 rings (SSSR count). The normalized spacial score (nSPS) is 10.5. The number of carbonyl (C=O) groups excluding carboxylic acids is 2. The van der Waals surface area contributed by atoms with Gasteiger partial charge in [0, 0.05) is 26.2 Å². The summed E-state index contributed by atoms with van der Waals surface area (Å²) >= 11 is 0. The number of amides is 2. The molecule has 9 nitrogen and oxygen atoms in total. The fourth-order valence-corrected chi connectivity index (χ4v) is 2.58. The molecule has 0 unspecified atom stereocenters. The van der Waals surface area contributed by atoms with E-state index in [1.54, 1.807) is 26.1 Å².